The molecule has 0 unspecified atom stereocenters. The molecule has 0 bridgehead atoms. The topological polar surface area (TPSA) is 67.4 Å². The van der Waals surface area contributed by atoms with Crippen molar-refractivity contribution in [3.8, 4) is 0 Å². The van der Waals surface area contributed by atoms with E-state index in [1.165, 1.54) is 5.56 Å². The van der Waals surface area contributed by atoms with Crippen molar-refractivity contribution >= 4 is 17.7 Å². The maximum atomic E-state index is 12.3. The van der Waals surface area contributed by atoms with Gasteiger partial charge in [-0.2, -0.15) is 0 Å². The number of nitrogens with one attached hydrogen (secondary N) is 2. The standard InChI is InChI=1S/C17H26N2O3/c1-6-22-17(21)19-15(12(4)5)16(20)18-14-9-7-13(8-10-14)11(2)3/h7-12,15H,6H2,1-5H3,(H,18,20)(H,19,21)/t15-/m1/s1. The van der Waals surface area contributed by atoms with Crippen LogP contribution in [0.4, 0.5) is 10.5 Å². The van der Waals surface area contributed by atoms with Crippen LogP contribution in [0.3, 0.4) is 0 Å². The van der Waals surface area contributed by atoms with Crippen LogP contribution < -0.4 is 10.6 Å². The Balaban J connectivity index is 2.72. The predicted molar refractivity (Wildman–Crippen MR) is 87.9 cm³/mol. The fraction of sp³-hybridized carbons (Fsp3) is 0.529. The smallest absolute Gasteiger partial charge is 0.407 e. The molecule has 2 amide bonds. The van der Waals surface area contributed by atoms with Gasteiger partial charge in [-0.25, -0.2) is 4.79 Å². The molecule has 0 fully saturated rings. The Morgan fingerprint density at radius 2 is 1.68 bits per heavy atom. The number of carbonyl (C=O) groups excluding carboxylic acids is 2. The highest BCUT2D eigenvalue weighted by atomic mass is 16.5. The van der Waals surface area contributed by atoms with Crippen molar-refractivity contribution in [1.29, 1.82) is 0 Å². The average Bonchev–Trinajstić information content (AvgIpc) is 2.45. The van der Waals surface area contributed by atoms with Gasteiger partial charge in [-0.15, -0.1) is 0 Å². The first-order chi connectivity index (χ1) is 10.3. The van der Waals surface area contributed by atoms with Crippen molar-refractivity contribution in [2.45, 2.75) is 46.6 Å². The van der Waals surface area contributed by atoms with E-state index in [2.05, 4.69) is 24.5 Å². The van der Waals surface area contributed by atoms with Crippen LogP contribution in [0.1, 0.15) is 46.1 Å². The Morgan fingerprint density at radius 1 is 1.09 bits per heavy atom. The minimum absolute atomic E-state index is 0.0423. The van der Waals surface area contributed by atoms with Crippen LogP contribution in [0, 0.1) is 5.92 Å². The summed E-state index contributed by atoms with van der Waals surface area (Å²) in [4.78, 5) is 23.9. The highest BCUT2D eigenvalue weighted by molar-refractivity contribution is 5.96. The highest BCUT2D eigenvalue weighted by Gasteiger charge is 2.24. The summed E-state index contributed by atoms with van der Waals surface area (Å²) in [5.41, 5.74) is 1.92. The molecule has 0 aromatic heterocycles. The molecule has 5 nitrogen and oxygen atoms in total. The third-order valence-corrected chi connectivity index (χ3v) is 3.34. The largest absolute Gasteiger partial charge is 0.450 e. The number of hydrogen-bond donors (Lipinski definition) is 2. The van der Waals surface area contributed by atoms with Gasteiger partial charge in [0.05, 0.1) is 6.61 Å². The number of hydrogen-bond acceptors (Lipinski definition) is 3. The molecule has 1 aromatic rings. The summed E-state index contributed by atoms with van der Waals surface area (Å²) in [5, 5.41) is 5.42. The lowest BCUT2D eigenvalue weighted by Crippen LogP contribution is -2.47. The Labute approximate surface area is 132 Å². The highest BCUT2D eigenvalue weighted by Crippen LogP contribution is 2.17. The molecular formula is C17H26N2O3. The van der Waals surface area contributed by atoms with E-state index in [4.69, 9.17) is 4.74 Å². The van der Waals surface area contributed by atoms with Crippen molar-refractivity contribution in [2.75, 3.05) is 11.9 Å². The molecule has 0 saturated heterocycles. The molecule has 1 atom stereocenters. The molecule has 5 heteroatoms. The maximum Gasteiger partial charge on any atom is 0.407 e. The van der Waals surface area contributed by atoms with Gasteiger partial charge in [0.25, 0.3) is 0 Å². The van der Waals surface area contributed by atoms with E-state index in [0.29, 0.717) is 11.6 Å². The SMILES string of the molecule is CCOC(=O)N[C@@H](C(=O)Nc1ccc(C(C)C)cc1)C(C)C. The van der Waals surface area contributed by atoms with Gasteiger partial charge in [-0.1, -0.05) is 39.8 Å². The normalized spacial score (nSPS) is 12.1. The number of alkyl carbamates (subject to hydrolysis) is 1. The summed E-state index contributed by atoms with van der Waals surface area (Å²) >= 11 is 0. The van der Waals surface area contributed by atoms with Gasteiger partial charge in [-0.05, 0) is 36.5 Å². The van der Waals surface area contributed by atoms with Crippen molar-refractivity contribution in [1.82, 2.24) is 5.32 Å². The molecule has 1 rings (SSSR count). The third-order valence-electron chi connectivity index (χ3n) is 3.34. The molecule has 1 aromatic carbocycles. The summed E-state index contributed by atoms with van der Waals surface area (Å²) in [7, 11) is 0. The van der Waals surface area contributed by atoms with E-state index < -0.39 is 12.1 Å². The molecule has 0 aliphatic carbocycles. The maximum absolute atomic E-state index is 12.3. The monoisotopic (exact) mass is 306 g/mol. The summed E-state index contributed by atoms with van der Waals surface area (Å²) < 4.78 is 4.83. The molecule has 0 heterocycles. The lowest BCUT2D eigenvalue weighted by Gasteiger charge is -2.21. The molecule has 122 valence electrons. The quantitative estimate of drug-likeness (QED) is 0.845. The number of ether oxygens (including phenoxy) is 1. The minimum atomic E-state index is -0.635. The Bertz CT molecular complexity index is 495. The zero-order valence-electron chi connectivity index (χ0n) is 14.0. The van der Waals surface area contributed by atoms with Crippen LogP contribution >= 0.6 is 0 Å². The second-order valence-electron chi connectivity index (χ2n) is 5.85. The molecule has 0 radical (unpaired) electrons. The molecule has 0 aliphatic heterocycles. The third kappa shape index (κ3) is 5.39. The van der Waals surface area contributed by atoms with Gasteiger partial charge in [-0.3, -0.25) is 4.79 Å². The second kappa shape index (κ2) is 8.41. The summed E-state index contributed by atoms with van der Waals surface area (Å²) in [6, 6.07) is 7.08. The Morgan fingerprint density at radius 3 is 2.14 bits per heavy atom. The van der Waals surface area contributed by atoms with Gasteiger partial charge in [0, 0.05) is 5.69 Å². The first-order valence-corrected chi connectivity index (χ1v) is 7.69. The van der Waals surface area contributed by atoms with Crippen LogP contribution in [0.25, 0.3) is 0 Å². The van der Waals surface area contributed by atoms with Crippen LogP contribution in [0.15, 0.2) is 24.3 Å². The Hall–Kier alpha value is -2.04. The lowest BCUT2D eigenvalue weighted by atomic mass is 10.0. The van der Waals surface area contributed by atoms with Gasteiger partial charge in [0.15, 0.2) is 0 Å². The summed E-state index contributed by atoms with van der Waals surface area (Å²) in [6.45, 7) is 9.98. The summed E-state index contributed by atoms with van der Waals surface area (Å²) in [5.74, 6) is 0.151. The van der Waals surface area contributed by atoms with E-state index in [1.54, 1.807) is 6.92 Å². The second-order valence-corrected chi connectivity index (χ2v) is 5.85. The first kappa shape index (κ1) is 18.0. The lowest BCUT2D eigenvalue weighted by molar-refractivity contribution is -0.119. The van der Waals surface area contributed by atoms with Gasteiger partial charge in [0.1, 0.15) is 6.04 Å². The van der Waals surface area contributed by atoms with Crippen LogP contribution in [0.2, 0.25) is 0 Å². The average molecular weight is 306 g/mol. The van der Waals surface area contributed by atoms with E-state index in [0.717, 1.165) is 0 Å². The van der Waals surface area contributed by atoms with Crippen LogP contribution in [-0.2, 0) is 9.53 Å². The summed E-state index contributed by atoms with van der Waals surface area (Å²) in [6.07, 6.45) is -0.577. The number of rotatable bonds is 6. The molecular weight excluding hydrogens is 280 g/mol. The van der Waals surface area contributed by atoms with Crippen LogP contribution in [0.5, 0.6) is 0 Å². The van der Waals surface area contributed by atoms with Gasteiger partial charge >= 0.3 is 6.09 Å². The zero-order chi connectivity index (χ0) is 16.7. The van der Waals surface area contributed by atoms with E-state index >= 15 is 0 Å². The van der Waals surface area contributed by atoms with Crippen molar-refractivity contribution < 1.29 is 14.3 Å². The van der Waals surface area contributed by atoms with Crippen molar-refractivity contribution in [2.24, 2.45) is 5.92 Å². The fourth-order valence-corrected chi connectivity index (χ4v) is 2.01. The Kier molecular flexibility index (Phi) is 6.89. The van der Waals surface area contributed by atoms with E-state index in [-0.39, 0.29) is 18.4 Å². The molecule has 0 spiro atoms. The van der Waals surface area contributed by atoms with E-state index in [1.807, 2.05) is 38.1 Å². The van der Waals surface area contributed by atoms with Crippen molar-refractivity contribution in [3.63, 3.8) is 0 Å². The number of anilines is 1. The minimum Gasteiger partial charge on any atom is -0.450 e. The number of amides is 2. The molecule has 2 N–H and O–H groups in total. The first-order valence-electron chi connectivity index (χ1n) is 7.69. The molecule has 0 saturated carbocycles. The van der Waals surface area contributed by atoms with Gasteiger partial charge in [0.2, 0.25) is 5.91 Å². The molecule has 22 heavy (non-hydrogen) atoms. The number of carbonyl (C=O) groups is 2. The van der Waals surface area contributed by atoms with E-state index in [9.17, 15) is 9.59 Å². The van der Waals surface area contributed by atoms with Crippen molar-refractivity contribution in [3.05, 3.63) is 29.8 Å². The van der Waals surface area contributed by atoms with Crippen LogP contribution in [-0.4, -0.2) is 24.6 Å². The fourth-order valence-electron chi connectivity index (χ4n) is 2.01. The number of benzene rings is 1. The predicted octanol–water partition coefficient (Wildman–Crippen LogP) is 3.52. The molecule has 0 aliphatic rings. The zero-order valence-corrected chi connectivity index (χ0v) is 14.0. The van der Waals surface area contributed by atoms with Gasteiger partial charge < -0.3 is 15.4 Å².